The maximum atomic E-state index is 11.5. The highest BCUT2D eigenvalue weighted by atomic mass is 16.3. The van der Waals surface area contributed by atoms with Crippen molar-refractivity contribution in [2.45, 2.75) is 177 Å². The minimum atomic E-state index is -0.189. The Hall–Kier alpha value is -3.06. The number of nitrogens with zero attached hydrogens (tertiary/aromatic N) is 3. The van der Waals surface area contributed by atoms with E-state index in [1.54, 1.807) is 0 Å². The van der Waals surface area contributed by atoms with Crippen LogP contribution in [0.1, 0.15) is 175 Å². The third-order valence-electron chi connectivity index (χ3n) is 11.8. The molecule has 4 rings (SSSR count). The first kappa shape index (κ1) is 46.6. The van der Waals surface area contributed by atoms with E-state index in [2.05, 4.69) is 176 Å². The van der Waals surface area contributed by atoms with Gasteiger partial charge in [-0.3, -0.25) is 14.7 Å². The third kappa shape index (κ3) is 11.8. The van der Waals surface area contributed by atoms with Gasteiger partial charge in [0.2, 0.25) is 0 Å². The van der Waals surface area contributed by atoms with Gasteiger partial charge in [0, 0.05) is 58.9 Å². The molecule has 1 aliphatic rings. The van der Waals surface area contributed by atoms with E-state index in [0.717, 1.165) is 92.3 Å². The molecule has 1 aliphatic heterocycles. The van der Waals surface area contributed by atoms with E-state index in [9.17, 15) is 15.3 Å². The standard InChI is InChI=1S/C51H81N3O3/c1-46(2,3)37-25-34(26-38(43(37)55)47(4,5)6)31-52-19-21-53(32-35-27-39(48(7,8)9)44(56)40(28-35)49(10,11)12)23-24-54(22-20-52)33-36-29-41(50(13,14)15)45(57)42(30-36)51(16,17)18/h25-30,55-57H,19-24,31-33H2,1-18H3. The van der Waals surface area contributed by atoms with E-state index in [1.807, 2.05) is 0 Å². The number of phenols is 3. The molecule has 6 heteroatoms. The molecule has 3 aromatic rings. The highest BCUT2D eigenvalue weighted by Crippen LogP contribution is 2.43. The van der Waals surface area contributed by atoms with Gasteiger partial charge in [0.15, 0.2) is 0 Å². The fourth-order valence-electron chi connectivity index (χ4n) is 8.22. The monoisotopic (exact) mass is 784 g/mol. The summed E-state index contributed by atoms with van der Waals surface area (Å²) in [5, 5.41) is 34.5. The molecule has 0 aromatic heterocycles. The molecule has 0 spiro atoms. The second-order valence-corrected chi connectivity index (χ2v) is 23.4. The molecule has 0 radical (unpaired) electrons. The average Bonchev–Trinajstić information content (AvgIpc) is 3.11. The van der Waals surface area contributed by atoms with Crippen LogP contribution in [0.3, 0.4) is 0 Å². The second kappa shape index (κ2) is 16.5. The summed E-state index contributed by atoms with van der Waals surface area (Å²) in [6.45, 7) is 47.3. The summed E-state index contributed by atoms with van der Waals surface area (Å²) in [6.07, 6.45) is 0. The minimum absolute atomic E-state index is 0.189. The van der Waals surface area contributed by atoms with Gasteiger partial charge in [-0.1, -0.05) is 161 Å². The van der Waals surface area contributed by atoms with Crippen molar-refractivity contribution in [2.24, 2.45) is 0 Å². The summed E-state index contributed by atoms with van der Waals surface area (Å²) in [5.41, 5.74) is 8.62. The summed E-state index contributed by atoms with van der Waals surface area (Å²) in [7, 11) is 0. The van der Waals surface area contributed by atoms with Crippen molar-refractivity contribution in [3.8, 4) is 17.2 Å². The van der Waals surface area contributed by atoms with E-state index in [1.165, 1.54) is 16.7 Å². The Bertz CT molecular complexity index is 1530. The van der Waals surface area contributed by atoms with Crippen molar-refractivity contribution in [1.82, 2.24) is 14.7 Å². The number of phenolic OH excluding ortho intramolecular Hbond substituents is 3. The van der Waals surface area contributed by atoms with E-state index >= 15 is 0 Å². The SMILES string of the molecule is CC(C)(C)c1cc(CN2CCN(Cc3cc(C(C)(C)C)c(O)c(C(C)(C)C)c3)CCN(Cc3cc(C(C)(C)C)c(O)c(C(C)(C)C)c3)CC2)cc(C(C)(C)C)c1O. The summed E-state index contributed by atoms with van der Waals surface area (Å²) in [4.78, 5) is 7.81. The van der Waals surface area contributed by atoms with E-state index in [4.69, 9.17) is 0 Å². The van der Waals surface area contributed by atoms with Gasteiger partial charge in [-0.15, -0.1) is 0 Å². The summed E-state index contributed by atoms with van der Waals surface area (Å²) in [5.74, 6) is 1.28. The Labute approximate surface area is 348 Å². The van der Waals surface area contributed by atoms with E-state index in [-0.39, 0.29) is 32.5 Å². The number of hydrogen-bond acceptors (Lipinski definition) is 6. The van der Waals surface area contributed by atoms with Crippen LogP contribution in [0.4, 0.5) is 0 Å². The van der Waals surface area contributed by atoms with E-state index < -0.39 is 0 Å². The molecule has 0 aliphatic carbocycles. The van der Waals surface area contributed by atoms with Crippen LogP contribution in [0.15, 0.2) is 36.4 Å². The van der Waals surface area contributed by atoms with Crippen LogP contribution in [-0.4, -0.2) is 69.3 Å². The third-order valence-corrected chi connectivity index (χ3v) is 11.8. The Balaban J connectivity index is 1.78. The molecule has 0 amide bonds. The predicted molar refractivity (Wildman–Crippen MR) is 242 cm³/mol. The van der Waals surface area contributed by atoms with Crippen molar-refractivity contribution in [3.05, 3.63) is 86.5 Å². The van der Waals surface area contributed by atoms with Crippen molar-refractivity contribution in [2.75, 3.05) is 39.3 Å². The Morgan fingerprint density at radius 1 is 0.316 bits per heavy atom. The summed E-state index contributed by atoms with van der Waals surface area (Å²) >= 11 is 0. The van der Waals surface area contributed by atoms with Crippen LogP contribution in [0, 0.1) is 0 Å². The van der Waals surface area contributed by atoms with Gasteiger partial charge in [0.05, 0.1) is 0 Å². The lowest BCUT2D eigenvalue weighted by atomic mass is 9.78. The first-order chi connectivity index (χ1) is 25.8. The normalized spacial score (nSPS) is 16.7. The number of benzene rings is 3. The second-order valence-electron chi connectivity index (χ2n) is 23.4. The van der Waals surface area contributed by atoms with Gasteiger partial charge >= 0.3 is 0 Å². The smallest absolute Gasteiger partial charge is 0.123 e. The zero-order valence-electron chi connectivity index (χ0n) is 39.5. The highest BCUT2D eigenvalue weighted by molar-refractivity contribution is 5.52. The molecule has 6 nitrogen and oxygen atoms in total. The molecule has 318 valence electrons. The first-order valence-corrected chi connectivity index (χ1v) is 21.5. The quantitative estimate of drug-likeness (QED) is 0.231. The zero-order chi connectivity index (χ0) is 43.3. The number of rotatable bonds is 6. The van der Waals surface area contributed by atoms with Crippen LogP contribution in [0.5, 0.6) is 17.2 Å². The van der Waals surface area contributed by atoms with Crippen molar-refractivity contribution < 1.29 is 15.3 Å². The predicted octanol–water partition coefficient (Wildman–Crippen LogP) is 11.4. The first-order valence-electron chi connectivity index (χ1n) is 21.5. The largest absolute Gasteiger partial charge is 0.507 e. The summed E-state index contributed by atoms with van der Waals surface area (Å²) in [6, 6.07) is 13.4. The lowest BCUT2D eigenvalue weighted by molar-refractivity contribution is 0.209. The van der Waals surface area contributed by atoms with Crippen molar-refractivity contribution in [1.29, 1.82) is 0 Å². The van der Waals surface area contributed by atoms with Crippen LogP contribution in [0.25, 0.3) is 0 Å². The minimum Gasteiger partial charge on any atom is -0.507 e. The van der Waals surface area contributed by atoms with Gasteiger partial charge in [-0.2, -0.15) is 0 Å². The maximum Gasteiger partial charge on any atom is 0.123 e. The molecule has 0 bridgehead atoms. The topological polar surface area (TPSA) is 70.4 Å². The number of hydrogen-bond donors (Lipinski definition) is 3. The molecule has 1 saturated heterocycles. The van der Waals surface area contributed by atoms with Crippen molar-refractivity contribution in [3.63, 3.8) is 0 Å². The molecular weight excluding hydrogens is 703 g/mol. The zero-order valence-corrected chi connectivity index (χ0v) is 39.5. The molecule has 3 N–H and O–H groups in total. The lowest BCUT2D eigenvalue weighted by Gasteiger charge is -2.31. The van der Waals surface area contributed by atoms with Gasteiger partial charge in [0.1, 0.15) is 17.2 Å². The van der Waals surface area contributed by atoms with Gasteiger partial charge in [-0.25, -0.2) is 0 Å². The highest BCUT2D eigenvalue weighted by Gasteiger charge is 2.31. The molecular formula is C51H81N3O3. The van der Waals surface area contributed by atoms with Crippen LogP contribution >= 0.6 is 0 Å². The Morgan fingerprint density at radius 2 is 0.456 bits per heavy atom. The van der Waals surface area contributed by atoms with Crippen LogP contribution < -0.4 is 0 Å². The molecule has 1 heterocycles. The van der Waals surface area contributed by atoms with Gasteiger partial charge < -0.3 is 15.3 Å². The van der Waals surface area contributed by atoms with Crippen LogP contribution in [-0.2, 0) is 52.1 Å². The molecule has 57 heavy (non-hydrogen) atoms. The lowest BCUT2D eigenvalue weighted by Crippen LogP contribution is -2.35. The summed E-state index contributed by atoms with van der Waals surface area (Å²) < 4.78 is 0. The molecule has 1 fully saturated rings. The number of aromatic hydroxyl groups is 3. The fourth-order valence-corrected chi connectivity index (χ4v) is 8.22. The Kier molecular flexibility index (Phi) is 13.5. The molecule has 0 atom stereocenters. The Morgan fingerprint density at radius 3 is 0.579 bits per heavy atom. The average molecular weight is 784 g/mol. The molecule has 0 saturated carbocycles. The van der Waals surface area contributed by atoms with Gasteiger partial charge in [-0.05, 0) is 82.6 Å². The van der Waals surface area contributed by atoms with Gasteiger partial charge in [0.25, 0.3) is 0 Å². The molecule has 0 unspecified atom stereocenters. The molecule has 3 aromatic carbocycles. The van der Waals surface area contributed by atoms with Crippen LogP contribution in [0.2, 0.25) is 0 Å². The maximum absolute atomic E-state index is 11.5. The van der Waals surface area contributed by atoms with E-state index in [0.29, 0.717) is 17.2 Å². The van der Waals surface area contributed by atoms with Crippen molar-refractivity contribution >= 4 is 0 Å². The fraction of sp³-hybridized carbons (Fsp3) is 0.647.